The normalized spacial score (nSPS) is 15.6. The predicted octanol–water partition coefficient (Wildman–Crippen LogP) is 3.37. The number of carbonyl (C=O) groups is 1. The van der Waals surface area contributed by atoms with Crippen LogP contribution in [0.2, 0.25) is 0 Å². The van der Waals surface area contributed by atoms with Gasteiger partial charge in [-0.15, -0.1) is 0 Å². The van der Waals surface area contributed by atoms with Gasteiger partial charge in [-0.05, 0) is 51.2 Å². The molecule has 0 saturated heterocycles. The van der Waals surface area contributed by atoms with Gasteiger partial charge in [0.25, 0.3) is 0 Å². The van der Waals surface area contributed by atoms with E-state index in [2.05, 4.69) is 10.3 Å². The van der Waals surface area contributed by atoms with Crippen LogP contribution in [0.1, 0.15) is 46.6 Å². The summed E-state index contributed by atoms with van der Waals surface area (Å²) in [5.41, 5.74) is 1.31. The van der Waals surface area contributed by atoms with Gasteiger partial charge in [-0.3, -0.25) is 0 Å². The molecule has 1 aromatic carbocycles. The van der Waals surface area contributed by atoms with Crippen LogP contribution in [0.4, 0.5) is 4.79 Å². The zero-order valence-corrected chi connectivity index (χ0v) is 16.8. The van der Waals surface area contributed by atoms with E-state index in [0.717, 1.165) is 16.5 Å². The molecule has 6 nitrogen and oxygen atoms in total. The maximum Gasteiger partial charge on any atom is 0.407 e. The number of hydrogen-bond donors (Lipinski definition) is 4. The summed E-state index contributed by atoms with van der Waals surface area (Å²) >= 11 is 0. The number of amides is 1. The summed E-state index contributed by atoms with van der Waals surface area (Å²) in [6, 6.07) is 7.18. The van der Waals surface area contributed by atoms with Crippen molar-refractivity contribution >= 4 is 17.0 Å². The third-order valence-corrected chi connectivity index (χ3v) is 4.34. The summed E-state index contributed by atoms with van der Waals surface area (Å²) in [5, 5.41) is 24.9. The Morgan fingerprint density at radius 1 is 1.22 bits per heavy atom. The number of fused-ring (bicyclic) bond motifs is 1. The summed E-state index contributed by atoms with van der Waals surface area (Å²) in [6.45, 7) is 9.31. The van der Waals surface area contributed by atoms with Crippen molar-refractivity contribution in [2.24, 2.45) is 5.92 Å². The van der Waals surface area contributed by atoms with Gasteiger partial charge in [-0.1, -0.05) is 32.0 Å². The Balaban J connectivity index is 2.21. The van der Waals surface area contributed by atoms with Gasteiger partial charge in [0.05, 0.1) is 12.1 Å². The molecule has 1 heterocycles. The lowest BCUT2D eigenvalue weighted by atomic mass is 9.93. The number of nitrogens with one attached hydrogen (secondary N) is 2. The number of hydrogen-bond acceptors (Lipinski definition) is 4. The Bertz CT molecular complexity index is 748. The highest BCUT2D eigenvalue weighted by molar-refractivity contribution is 5.83. The zero-order chi connectivity index (χ0) is 20.2. The van der Waals surface area contributed by atoms with Crippen LogP contribution < -0.4 is 5.32 Å². The molecule has 0 saturated carbocycles. The minimum absolute atomic E-state index is 0.227. The molecule has 6 heteroatoms. The van der Waals surface area contributed by atoms with Crippen LogP contribution in [0.3, 0.4) is 0 Å². The minimum atomic E-state index is -1.10. The lowest BCUT2D eigenvalue weighted by Gasteiger charge is -2.29. The molecule has 0 bridgehead atoms. The summed E-state index contributed by atoms with van der Waals surface area (Å²) in [4.78, 5) is 15.5. The highest BCUT2D eigenvalue weighted by Gasteiger charge is 2.30. The number of aliphatic hydroxyl groups is 2. The second-order valence-corrected chi connectivity index (χ2v) is 8.50. The second-order valence-electron chi connectivity index (χ2n) is 8.50. The van der Waals surface area contributed by atoms with E-state index in [4.69, 9.17) is 4.74 Å². The van der Waals surface area contributed by atoms with Gasteiger partial charge in [-0.25, -0.2) is 4.79 Å². The topological polar surface area (TPSA) is 94.6 Å². The molecule has 3 atom stereocenters. The first-order valence-corrected chi connectivity index (χ1v) is 9.47. The van der Waals surface area contributed by atoms with Crippen LogP contribution in [-0.2, 0) is 11.2 Å². The molecule has 0 aliphatic rings. The van der Waals surface area contributed by atoms with E-state index >= 15 is 0 Å². The molecule has 150 valence electrons. The molecule has 0 radical (unpaired) electrons. The molecule has 1 amide bonds. The summed E-state index contributed by atoms with van der Waals surface area (Å²) < 4.78 is 5.34. The maximum absolute atomic E-state index is 12.3. The Hall–Kier alpha value is -2.05. The minimum Gasteiger partial charge on any atom is -0.444 e. The average molecular weight is 376 g/mol. The third-order valence-electron chi connectivity index (χ3n) is 4.34. The molecule has 0 unspecified atom stereocenters. The van der Waals surface area contributed by atoms with Gasteiger partial charge < -0.3 is 25.3 Å². The van der Waals surface area contributed by atoms with E-state index in [1.54, 1.807) is 20.8 Å². The van der Waals surface area contributed by atoms with Gasteiger partial charge in [-0.2, -0.15) is 0 Å². The number of alkyl carbamates (subject to hydrolysis) is 1. The van der Waals surface area contributed by atoms with Crippen molar-refractivity contribution in [2.45, 2.75) is 71.3 Å². The number of ether oxygens (including phenoxy) is 1. The fraction of sp³-hybridized carbons (Fsp3) is 0.571. The number of H-pyrrole nitrogens is 1. The Kier molecular flexibility index (Phi) is 6.89. The SMILES string of the molecule is CC(C)C[C@H](O)[C@H](O)[C@H](Cc1c[nH]c2ccccc12)NC(=O)OC(C)(C)C. The molecule has 0 fully saturated rings. The molecule has 0 aliphatic heterocycles. The van der Waals surface area contributed by atoms with Crippen molar-refractivity contribution in [2.75, 3.05) is 0 Å². The summed E-state index contributed by atoms with van der Waals surface area (Å²) in [6.07, 6.45) is 0.0452. The van der Waals surface area contributed by atoms with E-state index in [9.17, 15) is 15.0 Å². The van der Waals surface area contributed by atoms with Gasteiger partial charge in [0.15, 0.2) is 0 Å². The van der Waals surface area contributed by atoms with E-state index in [-0.39, 0.29) is 5.92 Å². The fourth-order valence-electron chi connectivity index (χ4n) is 3.14. The van der Waals surface area contributed by atoms with Crippen LogP contribution in [0.5, 0.6) is 0 Å². The maximum atomic E-state index is 12.3. The van der Waals surface area contributed by atoms with E-state index in [0.29, 0.717) is 12.8 Å². The lowest BCUT2D eigenvalue weighted by molar-refractivity contribution is -0.0176. The molecule has 27 heavy (non-hydrogen) atoms. The number of benzene rings is 1. The average Bonchev–Trinajstić information content (AvgIpc) is 2.94. The quantitative estimate of drug-likeness (QED) is 0.596. The smallest absolute Gasteiger partial charge is 0.407 e. The number of carbonyl (C=O) groups excluding carboxylic acids is 1. The number of aromatic amines is 1. The second kappa shape index (κ2) is 8.76. The lowest BCUT2D eigenvalue weighted by Crippen LogP contribution is -2.51. The van der Waals surface area contributed by atoms with Crippen molar-refractivity contribution in [1.29, 1.82) is 0 Å². The van der Waals surface area contributed by atoms with Crippen molar-refractivity contribution in [3.63, 3.8) is 0 Å². The molecule has 0 aliphatic carbocycles. The first kappa shape index (κ1) is 21.3. The molecule has 2 rings (SSSR count). The van der Waals surface area contributed by atoms with Crippen molar-refractivity contribution < 1.29 is 19.7 Å². The van der Waals surface area contributed by atoms with Crippen LogP contribution in [0, 0.1) is 5.92 Å². The molecular formula is C21H32N2O4. The van der Waals surface area contributed by atoms with Gasteiger partial charge in [0, 0.05) is 17.1 Å². The zero-order valence-electron chi connectivity index (χ0n) is 16.8. The van der Waals surface area contributed by atoms with E-state index in [1.807, 2.05) is 44.3 Å². The van der Waals surface area contributed by atoms with Crippen LogP contribution >= 0.6 is 0 Å². The van der Waals surface area contributed by atoms with Crippen molar-refractivity contribution in [1.82, 2.24) is 10.3 Å². The number of aliphatic hydroxyl groups excluding tert-OH is 2. The Labute approximate surface area is 160 Å². The van der Waals surface area contributed by atoms with Gasteiger partial charge in [0.1, 0.15) is 11.7 Å². The standard InChI is InChI=1S/C21H32N2O4/c1-13(2)10-18(24)19(25)17(23-20(26)27-21(3,4)5)11-14-12-22-16-9-7-6-8-15(14)16/h6-9,12-13,17-19,22,24-25H,10-11H2,1-5H3,(H,23,26)/t17-,18-,19+/m0/s1. The first-order valence-electron chi connectivity index (χ1n) is 9.47. The Morgan fingerprint density at radius 2 is 1.89 bits per heavy atom. The molecular weight excluding hydrogens is 344 g/mol. The predicted molar refractivity (Wildman–Crippen MR) is 107 cm³/mol. The first-order chi connectivity index (χ1) is 12.6. The molecule has 1 aromatic heterocycles. The summed E-state index contributed by atoms with van der Waals surface area (Å²) in [5.74, 6) is 0.227. The van der Waals surface area contributed by atoms with E-state index < -0.39 is 29.9 Å². The monoisotopic (exact) mass is 376 g/mol. The summed E-state index contributed by atoms with van der Waals surface area (Å²) in [7, 11) is 0. The van der Waals surface area contributed by atoms with Crippen LogP contribution in [0.25, 0.3) is 10.9 Å². The Morgan fingerprint density at radius 3 is 2.52 bits per heavy atom. The fourth-order valence-corrected chi connectivity index (χ4v) is 3.14. The largest absolute Gasteiger partial charge is 0.444 e. The van der Waals surface area contributed by atoms with Gasteiger partial charge in [0.2, 0.25) is 0 Å². The highest BCUT2D eigenvalue weighted by atomic mass is 16.6. The molecule has 4 N–H and O–H groups in total. The number of para-hydroxylation sites is 1. The van der Waals surface area contributed by atoms with Crippen LogP contribution in [-0.4, -0.2) is 45.1 Å². The van der Waals surface area contributed by atoms with Crippen molar-refractivity contribution in [3.05, 3.63) is 36.0 Å². The third kappa shape index (κ3) is 6.26. The van der Waals surface area contributed by atoms with Crippen molar-refractivity contribution in [3.8, 4) is 0 Å². The highest BCUT2D eigenvalue weighted by Crippen LogP contribution is 2.22. The van der Waals surface area contributed by atoms with Gasteiger partial charge >= 0.3 is 6.09 Å². The van der Waals surface area contributed by atoms with Crippen LogP contribution in [0.15, 0.2) is 30.5 Å². The number of aromatic nitrogens is 1. The molecule has 0 spiro atoms. The number of rotatable bonds is 7. The molecule has 2 aromatic rings. The van der Waals surface area contributed by atoms with E-state index in [1.165, 1.54) is 0 Å².